The van der Waals surface area contributed by atoms with E-state index in [1.54, 1.807) is 12.1 Å². The highest BCUT2D eigenvalue weighted by Crippen LogP contribution is 2.38. The van der Waals surface area contributed by atoms with Crippen LogP contribution in [-0.4, -0.2) is 36.7 Å². The summed E-state index contributed by atoms with van der Waals surface area (Å²) in [6, 6.07) is 24.1. The quantitative estimate of drug-likeness (QED) is 0.279. The predicted octanol–water partition coefficient (Wildman–Crippen LogP) is 5.50. The molecule has 0 spiro atoms. The lowest BCUT2D eigenvalue weighted by Gasteiger charge is -2.31. The number of thioether (sulfide) groups is 1. The summed E-state index contributed by atoms with van der Waals surface area (Å²) in [7, 11) is -3.79. The number of hydrogen-bond donors (Lipinski definition) is 2. The van der Waals surface area contributed by atoms with Crippen molar-refractivity contribution in [2.45, 2.75) is 34.0 Å². The van der Waals surface area contributed by atoms with Gasteiger partial charge in [-0.25, -0.2) is 18.5 Å². The van der Waals surface area contributed by atoms with Gasteiger partial charge in [-0.15, -0.1) is 0 Å². The smallest absolute Gasteiger partial charge is 0.238 e. The van der Waals surface area contributed by atoms with Gasteiger partial charge in [-0.2, -0.15) is 0 Å². The minimum atomic E-state index is -3.79. The molecule has 0 atom stereocenters. The second-order valence-corrected chi connectivity index (χ2v) is 12.1. The van der Waals surface area contributed by atoms with Crippen LogP contribution in [0, 0.1) is 0 Å². The topological polar surface area (TPSA) is 116 Å². The van der Waals surface area contributed by atoms with Gasteiger partial charge in [0.05, 0.1) is 18.1 Å². The Balaban J connectivity index is 1.37. The number of nitrogens with two attached hydrogens (primary N) is 1. The number of aliphatic hydroxyl groups is 1. The molecule has 9 heteroatoms. The van der Waals surface area contributed by atoms with Crippen LogP contribution in [0.3, 0.4) is 0 Å². The Morgan fingerprint density at radius 1 is 0.974 bits per heavy atom. The van der Waals surface area contributed by atoms with Crippen LogP contribution in [0.4, 0.5) is 0 Å². The minimum Gasteiger partial charge on any atom is -0.436 e. The molecule has 2 heterocycles. The molecule has 3 aromatic carbocycles. The summed E-state index contributed by atoms with van der Waals surface area (Å²) in [5, 5.41) is 16.1. The molecule has 0 bridgehead atoms. The van der Waals surface area contributed by atoms with Crippen LogP contribution in [-0.2, 0) is 21.2 Å². The Labute approximate surface area is 226 Å². The molecular weight excluding hydrogens is 520 g/mol. The van der Waals surface area contributed by atoms with Gasteiger partial charge in [0.15, 0.2) is 5.76 Å². The van der Waals surface area contributed by atoms with Crippen LogP contribution >= 0.6 is 11.8 Å². The summed E-state index contributed by atoms with van der Waals surface area (Å²) in [4.78, 5) is 4.98. The van der Waals surface area contributed by atoms with Crippen molar-refractivity contribution in [2.24, 2.45) is 5.14 Å². The number of oxazole rings is 1. The number of primary sulfonamides is 1. The summed E-state index contributed by atoms with van der Waals surface area (Å²) in [5.74, 6) is 0.983. The summed E-state index contributed by atoms with van der Waals surface area (Å²) in [6.45, 7) is 1.15. The van der Waals surface area contributed by atoms with Crippen molar-refractivity contribution in [1.82, 2.24) is 4.98 Å². The van der Waals surface area contributed by atoms with Gasteiger partial charge in [0.2, 0.25) is 15.9 Å². The normalized spacial score (nSPS) is 15.6. The third-order valence-corrected chi connectivity index (χ3v) is 8.44. The van der Waals surface area contributed by atoms with E-state index >= 15 is 0 Å². The van der Waals surface area contributed by atoms with Gasteiger partial charge in [0.25, 0.3) is 0 Å². The average molecular weight is 549 g/mol. The number of aromatic nitrogens is 1. The van der Waals surface area contributed by atoms with E-state index in [4.69, 9.17) is 19.3 Å². The molecule has 1 saturated heterocycles. The molecule has 38 heavy (non-hydrogen) atoms. The number of ether oxygens (including phenoxy) is 1. The van der Waals surface area contributed by atoms with Crippen molar-refractivity contribution in [1.29, 1.82) is 0 Å². The van der Waals surface area contributed by atoms with E-state index in [2.05, 4.69) is 6.07 Å². The molecule has 1 aliphatic heterocycles. The maximum absolute atomic E-state index is 11.7. The Morgan fingerprint density at radius 3 is 2.42 bits per heavy atom. The first-order valence-corrected chi connectivity index (χ1v) is 14.6. The maximum Gasteiger partial charge on any atom is 0.238 e. The molecule has 1 fully saturated rings. The lowest BCUT2D eigenvalue weighted by atomic mass is 10.1. The highest BCUT2D eigenvalue weighted by atomic mass is 32.2. The van der Waals surface area contributed by atoms with Crippen molar-refractivity contribution in [2.75, 3.05) is 13.2 Å². The number of sulfonamides is 1. The monoisotopic (exact) mass is 548 g/mol. The molecule has 0 aliphatic carbocycles. The molecule has 196 valence electrons. The molecule has 4 aromatic rings. The van der Waals surface area contributed by atoms with Gasteiger partial charge in [-0.1, -0.05) is 60.3 Å². The van der Waals surface area contributed by atoms with Crippen LogP contribution in [0.15, 0.2) is 99.1 Å². The van der Waals surface area contributed by atoms with E-state index in [-0.39, 0.29) is 4.90 Å². The van der Waals surface area contributed by atoms with Crippen LogP contribution in [0.5, 0.6) is 0 Å². The summed E-state index contributed by atoms with van der Waals surface area (Å²) < 4.78 is 34.8. The van der Waals surface area contributed by atoms with E-state index in [0.29, 0.717) is 55.4 Å². The summed E-state index contributed by atoms with van der Waals surface area (Å²) in [6.07, 6.45) is 5.71. The first-order chi connectivity index (χ1) is 18.3. The second kappa shape index (κ2) is 11.3. The van der Waals surface area contributed by atoms with Crippen molar-refractivity contribution >= 4 is 27.9 Å². The first-order valence-electron chi connectivity index (χ1n) is 12.2. The molecule has 7 nitrogen and oxygen atoms in total. The minimum absolute atomic E-state index is 0.0338. The van der Waals surface area contributed by atoms with Crippen LogP contribution < -0.4 is 5.14 Å². The number of allylic oxidation sites excluding steroid dienone is 1. The van der Waals surface area contributed by atoms with Gasteiger partial charge in [-0.3, -0.25) is 0 Å². The third kappa shape index (κ3) is 6.43. The number of hydrogen-bond acceptors (Lipinski definition) is 7. The Kier molecular flexibility index (Phi) is 7.83. The van der Waals surface area contributed by atoms with E-state index in [9.17, 15) is 13.5 Å². The fourth-order valence-corrected chi connectivity index (χ4v) is 5.92. The molecule has 1 aliphatic rings. The average Bonchev–Trinajstić information content (AvgIpc) is 3.33. The van der Waals surface area contributed by atoms with E-state index in [0.717, 1.165) is 16.0 Å². The highest BCUT2D eigenvalue weighted by Gasteiger charge is 2.30. The zero-order valence-corrected chi connectivity index (χ0v) is 22.3. The van der Waals surface area contributed by atoms with Crippen molar-refractivity contribution in [3.63, 3.8) is 0 Å². The van der Waals surface area contributed by atoms with Gasteiger partial charge in [-0.05, 0) is 54.5 Å². The number of rotatable bonds is 8. The maximum atomic E-state index is 11.7. The van der Waals surface area contributed by atoms with Crippen molar-refractivity contribution in [3.05, 3.63) is 96.4 Å². The second-order valence-electron chi connectivity index (χ2n) is 9.08. The molecular formula is C29H28N2O5S2. The first kappa shape index (κ1) is 26.4. The van der Waals surface area contributed by atoms with Gasteiger partial charge >= 0.3 is 0 Å². The fourth-order valence-electron chi connectivity index (χ4n) is 4.23. The zero-order chi connectivity index (χ0) is 26.6. The lowest BCUT2D eigenvalue weighted by molar-refractivity contribution is -0.00598. The van der Waals surface area contributed by atoms with Crippen LogP contribution in [0.25, 0.3) is 28.7 Å². The molecule has 0 unspecified atom stereocenters. The number of benzene rings is 3. The van der Waals surface area contributed by atoms with Crippen LogP contribution in [0.1, 0.15) is 24.3 Å². The molecule has 0 radical (unpaired) electrons. The van der Waals surface area contributed by atoms with E-state index in [1.165, 1.54) is 23.9 Å². The zero-order valence-electron chi connectivity index (χ0n) is 20.6. The van der Waals surface area contributed by atoms with E-state index < -0.39 is 15.0 Å². The van der Waals surface area contributed by atoms with Crippen molar-refractivity contribution < 1.29 is 22.7 Å². The van der Waals surface area contributed by atoms with Gasteiger partial charge in [0.1, 0.15) is 10.6 Å². The molecule has 3 N–H and O–H groups in total. The Hall–Kier alpha value is -3.21. The standard InChI is InChI=1S/C29H28N2O5S2/c30-38(33,34)25-14-12-23(13-15-25)28-27(22-8-2-1-3-9-22)31-26(36-28)11-5-7-21-6-4-10-24(20-21)37-29(32)16-18-35-19-17-29/h1-6,8-15,20,32H,7,16-19H2,(H2,30,33,34). The third-order valence-electron chi connectivity index (χ3n) is 6.23. The van der Waals surface area contributed by atoms with Crippen LogP contribution in [0.2, 0.25) is 0 Å². The highest BCUT2D eigenvalue weighted by molar-refractivity contribution is 8.00. The van der Waals surface area contributed by atoms with Crippen molar-refractivity contribution in [3.8, 4) is 22.6 Å². The summed E-state index contributed by atoms with van der Waals surface area (Å²) in [5.41, 5.74) is 3.35. The summed E-state index contributed by atoms with van der Waals surface area (Å²) >= 11 is 1.49. The van der Waals surface area contributed by atoms with Gasteiger partial charge in [0, 0.05) is 28.9 Å². The fraction of sp³-hybridized carbons (Fsp3) is 0.207. The Bertz CT molecular complexity index is 1520. The van der Waals surface area contributed by atoms with E-state index in [1.807, 2.05) is 60.7 Å². The molecule has 0 amide bonds. The predicted molar refractivity (Wildman–Crippen MR) is 149 cm³/mol. The lowest BCUT2D eigenvalue weighted by Crippen LogP contribution is -2.32. The Morgan fingerprint density at radius 2 is 1.71 bits per heavy atom. The molecule has 1 aromatic heterocycles. The SMILES string of the molecule is NS(=O)(=O)c1ccc(-c2oc(C=CCc3cccc(SC4(O)CCOCC4)c3)nc2-c2ccccc2)cc1. The number of nitrogens with zero attached hydrogens (tertiary/aromatic N) is 1. The largest absolute Gasteiger partial charge is 0.436 e. The van der Waals surface area contributed by atoms with Gasteiger partial charge < -0.3 is 14.3 Å². The molecule has 5 rings (SSSR count). The molecule has 0 saturated carbocycles.